The van der Waals surface area contributed by atoms with Crippen molar-refractivity contribution in [3.63, 3.8) is 0 Å². The van der Waals surface area contributed by atoms with Gasteiger partial charge >= 0.3 is 0 Å². The molecule has 0 spiro atoms. The van der Waals surface area contributed by atoms with Gasteiger partial charge in [-0.1, -0.05) is 59.1 Å². The molecule has 4 nitrogen and oxygen atoms in total. The highest BCUT2D eigenvalue weighted by Crippen LogP contribution is 2.32. The fourth-order valence-corrected chi connectivity index (χ4v) is 4.05. The van der Waals surface area contributed by atoms with Crippen LogP contribution in [0.25, 0.3) is 6.08 Å². The number of nitriles is 1. The molecule has 0 aromatic heterocycles. The number of halogens is 1. The van der Waals surface area contributed by atoms with E-state index in [1.54, 1.807) is 12.1 Å². The van der Waals surface area contributed by atoms with Gasteiger partial charge in [-0.3, -0.25) is 4.79 Å². The summed E-state index contributed by atoms with van der Waals surface area (Å²) in [4.78, 5) is 12.7. The highest BCUT2D eigenvalue weighted by Gasteiger charge is 2.15. The number of nitrogens with one attached hydrogen (secondary N) is 1. The zero-order valence-electron chi connectivity index (χ0n) is 19.3. The normalized spacial score (nSPS) is 11.1. The van der Waals surface area contributed by atoms with E-state index in [1.807, 2.05) is 44.2 Å². The second kappa shape index (κ2) is 10.8. The number of carbonyl (C=O) groups excluding carboxylic acids is 1. The first-order valence-electron chi connectivity index (χ1n) is 10.8. The molecule has 0 aliphatic rings. The minimum absolute atomic E-state index is 0.0150. The first kappa shape index (κ1) is 24.1. The van der Waals surface area contributed by atoms with Crippen molar-refractivity contribution >= 4 is 29.3 Å². The fourth-order valence-electron chi connectivity index (χ4n) is 3.76. The highest BCUT2D eigenvalue weighted by molar-refractivity contribution is 6.31. The predicted molar refractivity (Wildman–Crippen MR) is 135 cm³/mol. The van der Waals surface area contributed by atoms with Gasteiger partial charge in [0.25, 0.3) is 5.91 Å². The Morgan fingerprint density at radius 1 is 1.09 bits per heavy atom. The Balaban J connectivity index is 1.94. The topological polar surface area (TPSA) is 62.1 Å². The molecule has 0 aliphatic carbocycles. The first-order chi connectivity index (χ1) is 15.8. The Labute approximate surface area is 200 Å². The van der Waals surface area contributed by atoms with Gasteiger partial charge < -0.3 is 10.1 Å². The van der Waals surface area contributed by atoms with Gasteiger partial charge in [-0.25, -0.2) is 0 Å². The lowest BCUT2D eigenvalue weighted by atomic mass is 9.98. The molecule has 1 N–H and O–H groups in total. The summed E-state index contributed by atoms with van der Waals surface area (Å²) in [6.07, 6.45) is 2.15. The number of benzene rings is 3. The van der Waals surface area contributed by atoms with Crippen LogP contribution in [0.15, 0.2) is 60.2 Å². The lowest BCUT2D eigenvalue weighted by Crippen LogP contribution is -2.14. The largest absolute Gasteiger partial charge is 0.494 e. The molecule has 0 saturated carbocycles. The molecule has 3 aromatic rings. The van der Waals surface area contributed by atoms with Crippen molar-refractivity contribution in [3.8, 4) is 11.8 Å². The number of ether oxygens (including phenoxy) is 1. The Hall–Kier alpha value is -3.55. The number of hydrogen-bond acceptors (Lipinski definition) is 3. The molecular weight excluding hydrogens is 432 g/mol. The summed E-state index contributed by atoms with van der Waals surface area (Å²) in [5.41, 5.74) is 6.61. The number of carbonyl (C=O) groups is 1. The molecule has 5 heteroatoms. The van der Waals surface area contributed by atoms with Crippen LogP contribution in [-0.4, -0.2) is 12.5 Å². The summed E-state index contributed by atoms with van der Waals surface area (Å²) in [6, 6.07) is 19.4. The second-order valence-corrected chi connectivity index (χ2v) is 8.43. The van der Waals surface area contributed by atoms with Crippen LogP contribution < -0.4 is 10.1 Å². The predicted octanol–water partition coefficient (Wildman–Crippen LogP) is 6.80. The monoisotopic (exact) mass is 458 g/mol. The van der Waals surface area contributed by atoms with Gasteiger partial charge in [0, 0.05) is 22.7 Å². The minimum atomic E-state index is -0.472. The highest BCUT2D eigenvalue weighted by atomic mass is 35.5. The molecule has 0 heterocycles. The minimum Gasteiger partial charge on any atom is -0.494 e. The van der Waals surface area contributed by atoms with Crippen molar-refractivity contribution < 1.29 is 9.53 Å². The van der Waals surface area contributed by atoms with Crippen molar-refractivity contribution in [2.24, 2.45) is 0 Å². The number of hydrogen-bond donors (Lipinski definition) is 1. The third-order valence-electron chi connectivity index (χ3n) is 5.21. The molecule has 33 heavy (non-hydrogen) atoms. The number of rotatable bonds is 7. The number of aryl methyl sites for hydroxylation is 3. The Morgan fingerprint density at radius 3 is 2.42 bits per heavy atom. The molecule has 0 bridgehead atoms. The summed E-state index contributed by atoms with van der Waals surface area (Å²) in [7, 11) is 0. The number of amides is 1. The van der Waals surface area contributed by atoms with Crippen molar-refractivity contribution in [2.45, 2.75) is 34.1 Å². The van der Waals surface area contributed by atoms with Gasteiger partial charge in [-0.2, -0.15) is 5.26 Å². The van der Waals surface area contributed by atoms with E-state index < -0.39 is 5.91 Å². The van der Waals surface area contributed by atoms with E-state index in [0.29, 0.717) is 35.1 Å². The fraction of sp³-hybridized carbons (Fsp3) is 0.214. The van der Waals surface area contributed by atoms with Gasteiger partial charge in [0.1, 0.15) is 17.4 Å². The van der Waals surface area contributed by atoms with Gasteiger partial charge in [0.05, 0.1) is 6.61 Å². The van der Waals surface area contributed by atoms with Gasteiger partial charge in [-0.15, -0.1) is 0 Å². The molecule has 0 aliphatic heterocycles. The van der Waals surface area contributed by atoms with Crippen molar-refractivity contribution in [1.29, 1.82) is 5.26 Å². The van der Waals surface area contributed by atoms with E-state index in [9.17, 15) is 10.1 Å². The van der Waals surface area contributed by atoms with E-state index in [1.165, 1.54) is 17.2 Å². The van der Waals surface area contributed by atoms with Gasteiger partial charge in [0.2, 0.25) is 0 Å². The van der Waals surface area contributed by atoms with E-state index >= 15 is 0 Å². The summed E-state index contributed by atoms with van der Waals surface area (Å²) < 4.78 is 5.88. The van der Waals surface area contributed by atoms with E-state index in [0.717, 1.165) is 16.7 Å². The van der Waals surface area contributed by atoms with Crippen LogP contribution in [0, 0.1) is 32.1 Å². The van der Waals surface area contributed by atoms with Crippen LogP contribution in [0.3, 0.4) is 0 Å². The third kappa shape index (κ3) is 6.25. The second-order valence-electron chi connectivity index (χ2n) is 8.02. The summed E-state index contributed by atoms with van der Waals surface area (Å²) in [5, 5.41) is 12.9. The summed E-state index contributed by atoms with van der Waals surface area (Å²) in [6.45, 7) is 8.42. The van der Waals surface area contributed by atoms with Gasteiger partial charge in [0.15, 0.2) is 0 Å². The average molecular weight is 459 g/mol. The molecular formula is C28H27ClN2O2. The van der Waals surface area contributed by atoms with Crippen LogP contribution in [0.2, 0.25) is 5.02 Å². The van der Waals surface area contributed by atoms with E-state index in [2.05, 4.69) is 37.4 Å². The molecule has 0 atom stereocenters. The van der Waals surface area contributed by atoms with Crippen LogP contribution in [0.1, 0.15) is 40.3 Å². The number of anilines is 1. The molecule has 3 aromatic carbocycles. The van der Waals surface area contributed by atoms with Crippen molar-refractivity contribution in [2.75, 3.05) is 11.9 Å². The Kier molecular flexibility index (Phi) is 7.92. The van der Waals surface area contributed by atoms with E-state index in [4.69, 9.17) is 16.3 Å². The molecule has 0 fully saturated rings. The zero-order chi connectivity index (χ0) is 24.0. The standard InChI is InChI=1S/C28H27ClN2O2/c1-5-33-27-16-22(13-23(17-30)28(32)31-26-9-7-6-8-20(26)4)15-25(29)24(27)14-21-11-18(2)10-19(3)12-21/h6-13,15-16H,5,14H2,1-4H3,(H,31,32)/b23-13+. The van der Waals surface area contributed by atoms with Crippen molar-refractivity contribution in [1.82, 2.24) is 0 Å². The lowest BCUT2D eigenvalue weighted by Gasteiger charge is -2.15. The third-order valence-corrected chi connectivity index (χ3v) is 5.55. The maximum absolute atomic E-state index is 12.7. The zero-order valence-corrected chi connectivity index (χ0v) is 20.1. The number of nitrogens with zero attached hydrogens (tertiary/aromatic N) is 1. The summed E-state index contributed by atoms with van der Waals surface area (Å²) >= 11 is 6.66. The molecule has 0 saturated heterocycles. The smallest absolute Gasteiger partial charge is 0.266 e. The molecule has 0 radical (unpaired) electrons. The summed E-state index contributed by atoms with van der Waals surface area (Å²) in [5.74, 6) is 0.173. The van der Waals surface area contributed by atoms with Crippen LogP contribution in [0.4, 0.5) is 5.69 Å². The quantitative estimate of drug-likeness (QED) is 0.313. The number of para-hydroxylation sites is 1. The SMILES string of the molecule is CCOc1cc(/C=C(\C#N)C(=O)Nc2ccccc2C)cc(Cl)c1Cc1cc(C)cc(C)c1. The molecule has 168 valence electrons. The molecule has 0 unspecified atom stereocenters. The Morgan fingerprint density at radius 2 is 1.79 bits per heavy atom. The average Bonchev–Trinajstić information content (AvgIpc) is 2.75. The Bertz CT molecular complexity index is 1230. The lowest BCUT2D eigenvalue weighted by molar-refractivity contribution is -0.112. The van der Waals surface area contributed by atoms with E-state index in [-0.39, 0.29) is 5.57 Å². The van der Waals surface area contributed by atoms with Crippen LogP contribution in [0.5, 0.6) is 5.75 Å². The molecule has 1 amide bonds. The van der Waals surface area contributed by atoms with Crippen molar-refractivity contribution in [3.05, 3.63) is 98.6 Å². The first-order valence-corrected chi connectivity index (χ1v) is 11.2. The maximum Gasteiger partial charge on any atom is 0.266 e. The maximum atomic E-state index is 12.7. The molecule has 3 rings (SSSR count). The van der Waals surface area contributed by atoms with Crippen LogP contribution in [-0.2, 0) is 11.2 Å². The van der Waals surface area contributed by atoms with Crippen LogP contribution >= 0.6 is 11.6 Å². The van der Waals surface area contributed by atoms with Gasteiger partial charge in [-0.05, 0) is 68.7 Å².